The van der Waals surface area contributed by atoms with E-state index in [1.54, 1.807) is 6.20 Å². The molecule has 2 heterocycles. The third-order valence-corrected chi connectivity index (χ3v) is 5.72. The van der Waals surface area contributed by atoms with E-state index in [9.17, 15) is 9.90 Å². The van der Waals surface area contributed by atoms with Gasteiger partial charge in [0.1, 0.15) is 6.54 Å². The molecule has 132 valence electrons. The molecule has 1 N–H and O–H groups in total. The third-order valence-electron chi connectivity index (χ3n) is 5.72. The molecular formula is C20H25N3O2. The lowest BCUT2D eigenvalue weighted by Gasteiger charge is -2.17. The van der Waals surface area contributed by atoms with Gasteiger partial charge in [-0.25, -0.2) is 4.98 Å². The Morgan fingerprint density at radius 3 is 2.84 bits per heavy atom. The van der Waals surface area contributed by atoms with Crippen LogP contribution in [0.4, 0.5) is 5.69 Å². The molecular weight excluding hydrogens is 314 g/mol. The fraction of sp³-hybridized carbons (Fsp3) is 0.500. The number of anilines is 1. The summed E-state index contributed by atoms with van der Waals surface area (Å²) in [4.78, 5) is 17.4. The van der Waals surface area contributed by atoms with Crippen LogP contribution in [0.1, 0.15) is 55.1 Å². The number of hydrogen-bond acceptors (Lipinski definition) is 3. The van der Waals surface area contributed by atoms with Crippen molar-refractivity contribution >= 4 is 11.7 Å². The van der Waals surface area contributed by atoms with E-state index < -0.39 is 5.97 Å². The second-order valence-corrected chi connectivity index (χ2v) is 7.36. The van der Waals surface area contributed by atoms with Crippen LogP contribution >= 0.6 is 0 Å². The van der Waals surface area contributed by atoms with Crippen molar-refractivity contribution in [2.45, 2.75) is 50.5 Å². The molecule has 0 bridgehead atoms. The van der Waals surface area contributed by atoms with Crippen molar-refractivity contribution in [1.82, 2.24) is 9.55 Å². The van der Waals surface area contributed by atoms with Gasteiger partial charge >= 0.3 is 5.97 Å². The molecule has 2 aromatic rings. The van der Waals surface area contributed by atoms with Gasteiger partial charge < -0.3 is 14.6 Å². The summed E-state index contributed by atoms with van der Waals surface area (Å²) in [5.41, 5.74) is 3.89. The van der Waals surface area contributed by atoms with Crippen LogP contribution in [0.2, 0.25) is 0 Å². The molecule has 2 aliphatic rings. The van der Waals surface area contributed by atoms with Gasteiger partial charge in [0.15, 0.2) is 0 Å². The predicted molar refractivity (Wildman–Crippen MR) is 97.1 cm³/mol. The van der Waals surface area contributed by atoms with Gasteiger partial charge in [-0.1, -0.05) is 25.0 Å². The zero-order chi connectivity index (χ0) is 17.2. The lowest BCUT2D eigenvalue weighted by atomic mass is 9.91. The summed E-state index contributed by atoms with van der Waals surface area (Å²) in [7, 11) is 0. The van der Waals surface area contributed by atoms with E-state index in [0.717, 1.165) is 25.2 Å². The zero-order valence-corrected chi connectivity index (χ0v) is 14.5. The first kappa shape index (κ1) is 16.2. The van der Waals surface area contributed by atoms with Crippen LogP contribution in [0.3, 0.4) is 0 Å². The number of carbonyl (C=O) groups is 1. The average Bonchev–Trinajstić information content (AvgIpc) is 3.34. The van der Waals surface area contributed by atoms with E-state index in [1.165, 1.54) is 36.8 Å². The number of rotatable bonds is 6. The fourth-order valence-corrected chi connectivity index (χ4v) is 4.45. The molecule has 0 spiro atoms. The van der Waals surface area contributed by atoms with Crippen molar-refractivity contribution in [3.8, 4) is 0 Å². The van der Waals surface area contributed by atoms with Crippen molar-refractivity contribution in [1.29, 1.82) is 0 Å². The van der Waals surface area contributed by atoms with Gasteiger partial charge in [0.05, 0.1) is 6.33 Å². The molecule has 1 unspecified atom stereocenters. The van der Waals surface area contributed by atoms with E-state index in [1.807, 2.05) is 17.4 Å². The standard InChI is InChI=1S/C20H25N3O2/c24-20(25)13-23-12-17(7-9-22-10-8-21-14-22)18-11-16(5-6-19(18)23)15-3-1-2-4-15/h5-6,8,10-11,14-15,17H,1-4,7,9,12-13H2,(H,24,25). The summed E-state index contributed by atoms with van der Waals surface area (Å²) in [5.74, 6) is 0.312. The Morgan fingerprint density at radius 1 is 1.28 bits per heavy atom. The Hall–Kier alpha value is -2.30. The van der Waals surface area contributed by atoms with Crippen LogP contribution in [0.25, 0.3) is 0 Å². The quantitative estimate of drug-likeness (QED) is 0.873. The zero-order valence-electron chi connectivity index (χ0n) is 14.5. The molecule has 1 aliphatic carbocycles. The van der Waals surface area contributed by atoms with E-state index in [-0.39, 0.29) is 6.54 Å². The predicted octanol–water partition coefficient (Wildman–Crippen LogP) is 3.62. The topological polar surface area (TPSA) is 58.4 Å². The Bertz CT molecular complexity index is 735. The number of imidazole rings is 1. The Morgan fingerprint density at radius 2 is 2.12 bits per heavy atom. The Kier molecular flexibility index (Phi) is 4.47. The summed E-state index contributed by atoms with van der Waals surface area (Å²) in [5, 5.41) is 9.24. The van der Waals surface area contributed by atoms with Crippen LogP contribution < -0.4 is 4.90 Å². The van der Waals surface area contributed by atoms with Crippen LogP contribution in [0.15, 0.2) is 36.9 Å². The van der Waals surface area contributed by atoms with Gasteiger partial charge in [0.2, 0.25) is 0 Å². The van der Waals surface area contributed by atoms with Gasteiger partial charge in [-0.15, -0.1) is 0 Å². The van der Waals surface area contributed by atoms with Crippen LogP contribution in [0, 0.1) is 0 Å². The third kappa shape index (κ3) is 3.41. The summed E-state index contributed by atoms with van der Waals surface area (Å²) < 4.78 is 2.10. The number of hydrogen-bond donors (Lipinski definition) is 1. The summed E-state index contributed by atoms with van der Waals surface area (Å²) in [6.45, 7) is 1.79. The van der Waals surface area contributed by atoms with E-state index in [0.29, 0.717) is 11.8 Å². The highest BCUT2D eigenvalue weighted by atomic mass is 16.4. The highest BCUT2D eigenvalue weighted by Gasteiger charge is 2.30. The smallest absolute Gasteiger partial charge is 0.323 e. The van der Waals surface area contributed by atoms with Gasteiger partial charge in [0, 0.05) is 37.1 Å². The van der Waals surface area contributed by atoms with E-state index >= 15 is 0 Å². The summed E-state index contributed by atoms with van der Waals surface area (Å²) >= 11 is 0. The van der Waals surface area contributed by atoms with Crippen molar-refractivity contribution in [3.63, 3.8) is 0 Å². The maximum Gasteiger partial charge on any atom is 0.323 e. The second kappa shape index (κ2) is 6.90. The monoisotopic (exact) mass is 339 g/mol. The first-order valence-electron chi connectivity index (χ1n) is 9.27. The van der Waals surface area contributed by atoms with Gasteiger partial charge in [-0.3, -0.25) is 4.79 Å². The molecule has 1 aliphatic heterocycles. The van der Waals surface area contributed by atoms with Crippen LogP contribution in [0.5, 0.6) is 0 Å². The summed E-state index contributed by atoms with van der Waals surface area (Å²) in [6.07, 6.45) is 11.9. The van der Waals surface area contributed by atoms with Crippen molar-refractivity contribution < 1.29 is 9.90 Å². The molecule has 0 saturated heterocycles. The molecule has 0 amide bonds. The molecule has 1 fully saturated rings. The highest BCUT2D eigenvalue weighted by molar-refractivity contribution is 5.76. The second-order valence-electron chi connectivity index (χ2n) is 7.36. The maximum atomic E-state index is 11.2. The normalized spacial score (nSPS) is 20.2. The van der Waals surface area contributed by atoms with Gasteiger partial charge in [0.25, 0.3) is 0 Å². The Balaban J connectivity index is 1.58. The summed E-state index contributed by atoms with van der Waals surface area (Å²) in [6, 6.07) is 6.75. The lowest BCUT2D eigenvalue weighted by molar-refractivity contribution is -0.135. The molecule has 25 heavy (non-hydrogen) atoms. The van der Waals surface area contributed by atoms with Crippen LogP contribution in [-0.4, -0.2) is 33.7 Å². The number of carboxylic acids is 1. The highest BCUT2D eigenvalue weighted by Crippen LogP contribution is 2.42. The van der Waals surface area contributed by atoms with Crippen molar-refractivity contribution in [2.75, 3.05) is 18.0 Å². The largest absolute Gasteiger partial charge is 0.480 e. The number of aliphatic carboxylic acids is 1. The van der Waals surface area contributed by atoms with Crippen molar-refractivity contribution in [3.05, 3.63) is 48.0 Å². The number of nitrogens with zero attached hydrogens (tertiary/aromatic N) is 3. The molecule has 1 saturated carbocycles. The molecule has 0 radical (unpaired) electrons. The minimum Gasteiger partial charge on any atom is -0.480 e. The number of aromatic nitrogens is 2. The molecule has 1 aromatic carbocycles. The molecule has 1 atom stereocenters. The molecule has 1 aromatic heterocycles. The maximum absolute atomic E-state index is 11.2. The minimum atomic E-state index is -0.763. The molecule has 5 heteroatoms. The number of aryl methyl sites for hydroxylation is 1. The lowest BCUT2D eigenvalue weighted by Crippen LogP contribution is -2.28. The first-order valence-corrected chi connectivity index (χ1v) is 9.27. The average molecular weight is 339 g/mol. The number of benzene rings is 1. The minimum absolute atomic E-state index is 0.0807. The van der Waals surface area contributed by atoms with E-state index in [4.69, 9.17) is 0 Å². The van der Waals surface area contributed by atoms with Crippen LogP contribution in [-0.2, 0) is 11.3 Å². The van der Waals surface area contributed by atoms with Gasteiger partial charge in [-0.2, -0.15) is 0 Å². The van der Waals surface area contributed by atoms with Gasteiger partial charge in [-0.05, 0) is 42.4 Å². The fourth-order valence-electron chi connectivity index (χ4n) is 4.45. The van der Waals surface area contributed by atoms with Crippen molar-refractivity contribution in [2.24, 2.45) is 0 Å². The molecule has 5 nitrogen and oxygen atoms in total. The van der Waals surface area contributed by atoms with E-state index in [2.05, 4.69) is 27.8 Å². The Labute approximate surface area is 148 Å². The number of fused-ring (bicyclic) bond motifs is 1. The number of carboxylic acid groups (broad SMARTS) is 1. The molecule has 4 rings (SSSR count). The first-order chi connectivity index (χ1) is 12.2. The SMILES string of the molecule is O=C(O)CN1CC(CCn2ccnc2)c2cc(C3CCCC3)ccc21.